The molecule has 0 aromatic carbocycles. The van der Waals surface area contributed by atoms with Crippen LogP contribution in [0.15, 0.2) is 0 Å². The van der Waals surface area contributed by atoms with Crippen LogP contribution in [0.4, 0.5) is 0 Å². The van der Waals surface area contributed by atoms with Gasteiger partial charge in [0.05, 0.1) is 24.5 Å². The normalized spacial score (nSPS) is 66.6. The Morgan fingerprint density at radius 2 is 0.643 bits per heavy atom. The first-order valence-electron chi connectivity index (χ1n) is 9.67. The van der Waals surface area contributed by atoms with E-state index in [-0.39, 0.29) is 0 Å². The summed E-state index contributed by atoms with van der Waals surface area (Å²) in [5.74, 6) is 0. The summed E-state index contributed by atoms with van der Waals surface area (Å²) < 4.78 is 3.00. The van der Waals surface area contributed by atoms with Gasteiger partial charge in [-0.1, -0.05) is 21.6 Å². The van der Waals surface area contributed by atoms with E-state index in [9.17, 15) is 0 Å². The quantitative estimate of drug-likeness (QED) is 0.303. The summed E-state index contributed by atoms with van der Waals surface area (Å²) in [5.41, 5.74) is 0. The topological polar surface area (TPSA) is 0 Å². The van der Waals surface area contributed by atoms with Crippen LogP contribution in [0.25, 0.3) is 0 Å². The molecule has 0 aliphatic carbocycles. The molecule has 8 saturated heterocycles. The zero-order valence-electron chi connectivity index (χ0n) is 16.9. The summed E-state index contributed by atoms with van der Waals surface area (Å²) in [6, 6.07) is 0. The number of rotatable bonds is 3. The Hall–Kier alpha value is 3.50. The summed E-state index contributed by atoms with van der Waals surface area (Å²) in [5, 5.41) is 0. The van der Waals surface area contributed by atoms with E-state index in [4.69, 9.17) is 0 Å². The van der Waals surface area contributed by atoms with Crippen molar-refractivity contribution in [2.45, 2.75) is 98.5 Å². The first-order chi connectivity index (χ1) is 12.7. The molecule has 8 heterocycles. The molecule has 28 heavy (non-hydrogen) atoms. The van der Waals surface area contributed by atoms with Crippen molar-refractivity contribution >= 4 is 116 Å². The van der Waals surface area contributed by atoms with Crippen molar-refractivity contribution in [1.29, 1.82) is 0 Å². The maximum Gasteiger partial charge on any atom is 0.121 e. The zero-order valence-corrected chi connectivity index (χ0v) is 25.1. The van der Waals surface area contributed by atoms with Crippen molar-refractivity contribution in [3.8, 4) is 0 Å². The molecule has 8 rings (SSSR count). The predicted molar refractivity (Wildman–Crippen MR) is 150 cm³/mol. The molecule has 0 aromatic heterocycles. The van der Waals surface area contributed by atoms with E-state index >= 15 is 0 Å². The van der Waals surface area contributed by atoms with Gasteiger partial charge in [0.15, 0.2) is 0 Å². The average molecular weight is 563 g/mol. The number of hydrogen-bond donors (Lipinski definition) is 0. The molecule has 0 N–H and O–H groups in total. The van der Waals surface area contributed by atoms with Crippen LogP contribution in [0.5, 0.6) is 0 Å². The van der Waals surface area contributed by atoms with Gasteiger partial charge < -0.3 is 0 Å². The first-order valence-corrected chi connectivity index (χ1v) is 18.4. The molecular weight excluding hydrogens is 537 g/mol. The van der Waals surface area contributed by atoms with Crippen molar-refractivity contribution in [3.63, 3.8) is 0 Å². The fraction of sp³-hybridized carbons (Fsp3) is 1.00. The molecule has 8 aliphatic heterocycles. The SMILES string of the molecule is CC12CC3(SSC45CC6(C)SC(C)(CC(C)(S6)S4)S5)SC(C)(CC(C)(S1)S3)S2. The van der Waals surface area contributed by atoms with E-state index in [2.05, 4.69) is 157 Å². The molecule has 0 nitrogen and oxygen atoms in total. The van der Waals surface area contributed by atoms with Gasteiger partial charge in [-0.25, -0.2) is 0 Å². The lowest BCUT2D eigenvalue weighted by Gasteiger charge is -2.68. The largest absolute Gasteiger partial charge is 0.127 e. The third-order valence-electron chi connectivity index (χ3n) is 5.87. The lowest BCUT2D eigenvalue weighted by atomic mass is 10.2. The molecular formula is C18H26S10. The Morgan fingerprint density at radius 3 is 0.893 bits per heavy atom. The minimum Gasteiger partial charge on any atom is -0.127 e. The summed E-state index contributed by atoms with van der Waals surface area (Å²) in [4.78, 5) is 0. The molecule has 0 saturated carbocycles. The monoisotopic (exact) mass is 562 g/mol. The van der Waals surface area contributed by atoms with Crippen LogP contribution in [0.3, 0.4) is 0 Å². The second kappa shape index (κ2) is 6.19. The summed E-state index contributed by atoms with van der Waals surface area (Å²) in [6.07, 6.45) is 5.33. The van der Waals surface area contributed by atoms with E-state index in [1.807, 2.05) is 0 Å². The van der Waals surface area contributed by atoms with Crippen molar-refractivity contribution in [3.05, 3.63) is 0 Å². The zero-order chi connectivity index (χ0) is 19.9. The van der Waals surface area contributed by atoms with Crippen LogP contribution in [0.1, 0.15) is 67.2 Å². The van der Waals surface area contributed by atoms with Gasteiger partial charge in [-0.2, -0.15) is 0 Å². The van der Waals surface area contributed by atoms with Crippen LogP contribution in [-0.4, -0.2) is 31.3 Å². The van der Waals surface area contributed by atoms with Crippen LogP contribution >= 0.6 is 116 Å². The first kappa shape index (κ1) is 22.0. The molecule has 4 atom stereocenters. The van der Waals surface area contributed by atoms with Crippen LogP contribution in [0, 0.1) is 0 Å². The highest BCUT2D eigenvalue weighted by atomic mass is 33.1. The molecule has 158 valence electrons. The number of hydrogen-bond acceptors (Lipinski definition) is 10. The average Bonchev–Trinajstić information content (AvgIpc) is 2.34. The number of thioether (sulfide) groups is 8. The molecule has 4 unspecified atom stereocenters. The highest BCUT2D eigenvalue weighted by Gasteiger charge is 2.70. The standard InChI is InChI=1S/C18H26S10/c1-11-7-12(2)20-15(5,19-11)9-17(23-11,24-12)27-28-18-10-16(6)21-13(3,25-18)8-14(4,22-16)26-18/h7-10H2,1-6H3. The third-order valence-corrected chi connectivity index (χ3v) is 24.7. The van der Waals surface area contributed by atoms with Crippen LogP contribution in [0.2, 0.25) is 0 Å². The predicted octanol–water partition coefficient (Wildman–Crippen LogP) is 9.48. The van der Waals surface area contributed by atoms with Crippen LogP contribution in [-0.2, 0) is 0 Å². The molecule has 0 radical (unpaired) electrons. The van der Waals surface area contributed by atoms with Gasteiger partial charge in [0.25, 0.3) is 0 Å². The van der Waals surface area contributed by atoms with Gasteiger partial charge in [-0.05, 0) is 54.4 Å². The highest BCUT2D eigenvalue weighted by molar-refractivity contribution is 8.85. The molecule has 8 aliphatic rings. The molecule has 0 spiro atoms. The minimum absolute atomic E-state index is 0.325. The molecule has 8 fully saturated rings. The van der Waals surface area contributed by atoms with Gasteiger partial charge >= 0.3 is 0 Å². The van der Waals surface area contributed by atoms with E-state index in [1.165, 1.54) is 25.7 Å². The van der Waals surface area contributed by atoms with E-state index in [1.54, 1.807) is 0 Å². The van der Waals surface area contributed by atoms with Gasteiger partial charge in [-0.3, -0.25) is 0 Å². The molecule has 0 amide bonds. The van der Waals surface area contributed by atoms with Gasteiger partial charge in [0.1, 0.15) is 6.82 Å². The lowest BCUT2D eigenvalue weighted by Crippen LogP contribution is -2.57. The fourth-order valence-electron chi connectivity index (χ4n) is 6.09. The van der Waals surface area contributed by atoms with Crippen molar-refractivity contribution in [2.75, 3.05) is 0 Å². The maximum absolute atomic E-state index is 2.53. The fourth-order valence-corrected chi connectivity index (χ4v) is 38.5. The minimum atomic E-state index is 0.325. The summed E-state index contributed by atoms with van der Waals surface area (Å²) in [7, 11) is 4.54. The van der Waals surface area contributed by atoms with Crippen LogP contribution < -0.4 is 0 Å². The van der Waals surface area contributed by atoms with E-state index in [0.29, 0.717) is 31.3 Å². The highest BCUT2D eigenvalue weighted by Crippen LogP contribution is 2.88. The van der Waals surface area contributed by atoms with Crippen molar-refractivity contribution < 1.29 is 0 Å². The molecule has 0 aromatic rings. The van der Waals surface area contributed by atoms with Crippen molar-refractivity contribution in [1.82, 2.24) is 0 Å². The van der Waals surface area contributed by atoms with Gasteiger partial charge in [0, 0.05) is 12.8 Å². The Kier molecular flexibility index (Phi) is 4.86. The Balaban J connectivity index is 1.29. The lowest BCUT2D eigenvalue weighted by molar-refractivity contribution is 0.628. The van der Waals surface area contributed by atoms with Gasteiger partial charge in [0.2, 0.25) is 0 Å². The van der Waals surface area contributed by atoms with E-state index < -0.39 is 0 Å². The summed E-state index contributed by atoms with van der Waals surface area (Å²) >= 11 is 18.3. The molecule has 10 heteroatoms. The second-order valence-electron chi connectivity index (χ2n) is 9.86. The smallest absolute Gasteiger partial charge is 0.121 e. The Morgan fingerprint density at radius 1 is 0.393 bits per heavy atom. The van der Waals surface area contributed by atoms with E-state index in [0.717, 1.165) is 0 Å². The molecule has 8 bridgehead atoms. The Labute approximate surface area is 212 Å². The maximum atomic E-state index is 2.53. The second-order valence-corrected chi connectivity index (χ2v) is 30.9. The Bertz CT molecular complexity index is 584. The third kappa shape index (κ3) is 3.52. The van der Waals surface area contributed by atoms with Crippen molar-refractivity contribution in [2.24, 2.45) is 0 Å². The summed E-state index contributed by atoms with van der Waals surface area (Å²) in [6.45, 7) is 15.2. The van der Waals surface area contributed by atoms with Gasteiger partial charge in [-0.15, -0.1) is 94.1 Å².